The zero-order valence-corrected chi connectivity index (χ0v) is 15.0. The second kappa shape index (κ2) is 5.53. The van der Waals surface area contributed by atoms with Crippen molar-refractivity contribution in [1.29, 1.82) is 0 Å². The van der Waals surface area contributed by atoms with E-state index in [1.165, 1.54) is 16.7 Å². The van der Waals surface area contributed by atoms with Crippen LogP contribution in [-0.4, -0.2) is 19.7 Å². The molecule has 0 saturated carbocycles. The summed E-state index contributed by atoms with van der Waals surface area (Å²) in [5, 5.41) is 5.58. The Bertz CT molecular complexity index is 1040. The Labute approximate surface area is 144 Å². The minimum atomic E-state index is 0.860. The van der Waals surface area contributed by atoms with E-state index in [-0.39, 0.29) is 0 Å². The Morgan fingerprint density at radius 2 is 1.75 bits per heavy atom. The van der Waals surface area contributed by atoms with Gasteiger partial charge in [0.15, 0.2) is 5.82 Å². The molecule has 24 heavy (non-hydrogen) atoms. The molecule has 2 aromatic heterocycles. The summed E-state index contributed by atoms with van der Waals surface area (Å²) in [7, 11) is 0. The third-order valence-electron chi connectivity index (χ3n) is 4.16. The molecule has 120 valence electrons. The number of aromatic nitrogens is 4. The summed E-state index contributed by atoms with van der Waals surface area (Å²) in [6, 6.07) is 10.5. The van der Waals surface area contributed by atoms with Gasteiger partial charge < -0.3 is 0 Å². The van der Waals surface area contributed by atoms with Crippen LogP contribution in [0.25, 0.3) is 27.3 Å². The molecule has 0 radical (unpaired) electrons. The third-order valence-corrected chi connectivity index (χ3v) is 5.18. The van der Waals surface area contributed by atoms with Crippen molar-refractivity contribution < 1.29 is 0 Å². The fourth-order valence-electron chi connectivity index (χ4n) is 3.33. The van der Waals surface area contributed by atoms with Gasteiger partial charge in [0.25, 0.3) is 0 Å². The van der Waals surface area contributed by atoms with Crippen molar-refractivity contribution in [2.24, 2.45) is 0 Å². The van der Waals surface area contributed by atoms with Gasteiger partial charge in [0, 0.05) is 5.56 Å². The molecule has 4 aromatic rings. The fourth-order valence-corrected chi connectivity index (χ4v) is 4.26. The van der Waals surface area contributed by atoms with E-state index in [1.54, 1.807) is 17.7 Å². The van der Waals surface area contributed by atoms with Gasteiger partial charge in [0.05, 0.1) is 20.9 Å². The van der Waals surface area contributed by atoms with Crippen molar-refractivity contribution in [2.75, 3.05) is 0 Å². The lowest BCUT2D eigenvalue weighted by Crippen LogP contribution is -2.05. The Balaban J connectivity index is 1.99. The normalized spacial score (nSPS) is 11.3. The highest BCUT2D eigenvalue weighted by Crippen LogP contribution is 2.33. The van der Waals surface area contributed by atoms with Crippen molar-refractivity contribution in [3.05, 3.63) is 58.4 Å². The van der Waals surface area contributed by atoms with Crippen LogP contribution in [0.1, 0.15) is 21.7 Å². The van der Waals surface area contributed by atoms with Gasteiger partial charge in [0.2, 0.25) is 0 Å². The largest absolute Gasteiger partial charge is 0.241 e. The van der Waals surface area contributed by atoms with Crippen molar-refractivity contribution in [1.82, 2.24) is 19.7 Å². The minimum Gasteiger partial charge on any atom is -0.241 e. The second-order valence-electron chi connectivity index (χ2n) is 6.13. The highest BCUT2D eigenvalue weighted by atomic mass is 32.1. The van der Waals surface area contributed by atoms with E-state index < -0.39 is 0 Å². The van der Waals surface area contributed by atoms with Crippen LogP contribution in [0.3, 0.4) is 0 Å². The van der Waals surface area contributed by atoms with Crippen molar-refractivity contribution in [3.8, 4) is 17.1 Å². The molecule has 0 aliphatic rings. The molecule has 0 saturated heterocycles. The lowest BCUT2D eigenvalue weighted by atomic mass is 10.0. The van der Waals surface area contributed by atoms with E-state index in [0.717, 1.165) is 32.3 Å². The lowest BCUT2D eigenvalue weighted by Gasteiger charge is -2.13. The summed E-state index contributed by atoms with van der Waals surface area (Å²) in [6.45, 7) is 8.40. The van der Waals surface area contributed by atoms with Gasteiger partial charge in [0.1, 0.15) is 6.33 Å². The molecule has 0 aliphatic carbocycles. The number of hydrogen-bond acceptors (Lipinski definition) is 4. The van der Waals surface area contributed by atoms with E-state index in [9.17, 15) is 0 Å². The Morgan fingerprint density at radius 3 is 2.50 bits per heavy atom. The molecule has 0 N–H and O–H groups in total. The number of fused-ring (bicyclic) bond motifs is 1. The Hall–Kier alpha value is -2.53. The number of thiazole rings is 1. The molecule has 0 fully saturated rings. The van der Waals surface area contributed by atoms with Gasteiger partial charge in [-0.2, -0.15) is 5.10 Å². The molecule has 0 aliphatic heterocycles. The van der Waals surface area contributed by atoms with E-state index in [0.29, 0.717) is 0 Å². The first-order chi connectivity index (χ1) is 11.5. The molecule has 0 bridgehead atoms. The minimum absolute atomic E-state index is 0.860. The average molecular weight is 334 g/mol. The first-order valence-corrected chi connectivity index (χ1v) is 8.71. The zero-order chi connectivity index (χ0) is 16.8. The van der Waals surface area contributed by atoms with Gasteiger partial charge in [-0.05, 0) is 51.0 Å². The average Bonchev–Trinajstić information content (AvgIpc) is 3.11. The van der Waals surface area contributed by atoms with Crippen molar-refractivity contribution >= 4 is 21.6 Å². The SMILES string of the molecule is Cc1cc(C)c(-n2ncnc2-c2cccc3nc(C)sc23)c(C)c1. The van der Waals surface area contributed by atoms with Crippen LogP contribution in [0.2, 0.25) is 0 Å². The molecule has 4 nitrogen and oxygen atoms in total. The summed E-state index contributed by atoms with van der Waals surface area (Å²) in [5.41, 5.74) is 6.86. The topological polar surface area (TPSA) is 43.6 Å². The fraction of sp³-hybridized carbons (Fsp3) is 0.211. The number of benzene rings is 2. The monoisotopic (exact) mass is 334 g/mol. The third kappa shape index (κ3) is 2.32. The predicted molar refractivity (Wildman–Crippen MR) is 98.9 cm³/mol. The Kier molecular flexibility index (Phi) is 3.46. The number of nitrogens with zero attached hydrogens (tertiary/aromatic N) is 4. The van der Waals surface area contributed by atoms with E-state index in [4.69, 9.17) is 0 Å². The summed E-state index contributed by atoms with van der Waals surface area (Å²) in [4.78, 5) is 9.15. The molecule has 0 amide bonds. The molecule has 2 aromatic carbocycles. The molecule has 4 rings (SSSR count). The van der Waals surface area contributed by atoms with E-state index in [2.05, 4.69) is 54.0 Å². The van der Waals surface area contributed by atoms with Gasteiger partial charge in [-0.3, -0.25) is 0 Å². The van der Waals surface area contributed by atoms with Crippen LogP contribution < -0.4 is 0 Å². The molecule has 0 unspecified atom stereocenters. The quantitative estimate of drug-likeness (QED) is 0.530. The molecular formula is C19H18N4S. The maximum Gasteiger partial charge on any atom is 0.164 e. The lowest BCUT2D eigenvalue weighted by molar-refractivity contribution is 0.871. The zero-order valence-electron chi connectivity index (χ0n) is 14.2. The van der Waals surface area contributed by atoms with Gasteiger partial charge >= 0.3 is 0 Å². The number of hydrogen-bond donors (Lipinski definition) is 0. The van der Waals surface area contributed by atoms with Crippen molar-refractivity contribution in [2.45, 2.75) is 27.7 Å². The highest BCUT2D eigenvalue weighted by molar-refractivity contribution is 7.19. The van der Waals surface area contributed by atoms with Gasteiger partial charge in [-0.15, -0.1) is 11.3 Å². The maximum absolute atomic E-state index is 4.59. The van der Waals surface area contributed by atoms with Crippen LogP contribution in [0.15, 0.2) is 36.7 Å². The maximum atomic E-state index is 4.59. The molecule has 0 atom stereocenters. The van der Waals surface area contributed by atoms with E-state index >= 15 is 0 Å². The van der Waals surface area contributed by atoms with E-state index in [1.807, 2.05) is 23.7 Å². The summed E-state index contributed by atoms with van der Waals surface area (Å²) in [6.07, 6.45) is 1.63. The summed E-state index contributed by atoms with van der Waals surface area (Å²) >= 11 is 1.70. The molecule has 2 heterocycles. The number of rotatable bonds is 2. The second-order valence-corrected chi connectivity index (χ2v) is 7.33. The molecular weight excluding hydrogens is 316 g/mol. The standard InChI is InChI=1S/C19H18N4S/c1-11-8-12(2)17(13(3)9-11)23-19(20-10-21-23)15-6-5-7-16-18(15)24-14(4)22-16/h5-10H,1-4H3. The first-order valence-electron chi connectivity index (χ1n) is 7.89. The number of aryl methyl sites for hydroxylation is 4. The molecule has 0 spiro atoms. The highest BCUT2D eigenvalue weighted by Gasteiger charge is 2.17. The van der Waals surface area contributed by atoms with Crippen LogP contribution in [-0.2, 0) is 0 Å². The van der Waals surface area contributed by atoms with Gasteiger partial charge in [-0.1, -0.05) is 23.8 Å². The van der Waals surface area contributed by atoms with Crippen LogP contribution in [0, 0.1) is 27.7 Å². The first kappa shape index (κ1) is 15.0. The smallest absolute Gasteiger partial charge is 0.164 e. The van der Waals surface area contributed by atoms with Crippen LogP contribution in [0.4, 0.5) is 0 Å². The van der Waals surface area contributed by atoms with Crippen molar-refractivity contribution in [3.63, 3.8) is 0 Å². The summed E-state index contributed by atoms with van der Waals surface area (Å²) < 4.78 is 3.11. The van der Waals surface area contributed by atoms with Gasteiger partial charge in [-0.25, -0.2) is 14.6 Å². The predicted octanol–water partition coefficient (Wildman–Crippen LogP) is 4.78. The van der Waals surface area contributed by atoms with Crippen LogP contribution in [0.5, 0.6) is 0 Å². The summed E-state index contributed by atoms with van der Waals surface area (Å²) in [5.74, 6) is 0.860. The molecule has 5 heteroatoms. The van der Waals surface area contributed by atoms with Crippen LogP contribution >= 0.6 is 11.3 Å². The Morgan fingerprint density at radius 1 is 1.00 bits per heavy atom.